The topological polar surface area (TPSA) is 148 Å². The monoisotopic (exact) mass is 372 g/mol. The first-order valence-corrected chi connectivity index (χ1v) is 9.48. The highest BCUT2D eigenvalue weighted by molar-refractivity contribution is 5.92. The zero-order valence-electron chi connectivity index (χ0n) is 16.5. The van der Waals surface area contributed by atoms with Crippen molar-refractivity contribution < 1.29 is 19.5 Å². The molecule has 0 aliphatic heterocycles. The van der Waals surface area contributed by atoms with E-state index < -0.39 is 35.9 Å². The number of hydrogen-bond donors (Lipinski definition) is 5. The molecule has 0 aliphatic rings. The molecule has 5 unspecified atom stereocenters. The van der Waals surface area contributed by atoms with Crippen molar-refractivity contribution in [2.75, 3.05) is 6.54 Å². The van der Waals surface area contributed by atoms with Gasteiger partial charge in [0, 0.05) is 0 Å². The number of hydrogen-bond acceptors (Lipinski definition) is 5. The maximum absolute atomic E-state index is 12.7. The van der Waals surface area contributed by atoms with Crippen molar-refractivity contribution >= 4 is 17.8 Å². The fourth-order valence-corrected chi connectivity index (χ4v) is 2.53. The van der Waals surface area contributed by atoms with Gasteiger partial charge in [0.1, 0.15) is 12.1 Å². The highest BCUT2D eigenvalue weighted by Crippen LogP contribution is 2.12. The van der Waals surface area contributed by atoms with E-state index in [1.807, 2.05) is 20.8 Å². The molecule has 0 bridgehead atoms. The maximum Gasteiger partial charge on any atom is 0.326 e. The second-order valence-corrected chi connectivity index (χ2v) is 6.97. The Bertz CT molecular complexity index is 458. The van der Waals surface area contributed by atoms with Crippen LogP contribution in [0.25, 0.3) is 0 Å². The molecule has 0 saturated carbocycles. The largest absolute Gasteiger partial charge is 0.480 e. The van der Waals surface area contributed by atoms with Crippen LogP contribution in [0, 0.1) is 11.8 Å². The predicted molar refractivity (Wildman–Crippen MR) is 101 cm³/mol. The molecule has 7 N–H and O–H groups in total. The summed E-state index contributed by atoms with van der Waals surface area (Å²) < 4.78 is 0. The molecule has 0 saturated heterocycles. The summed E-state index contributed by atoms with van der Waals surface area (Å²) in [6, 6.07) is -2.53. The minimum absolute atomic E-state index is 0.151. The Balaban J connectivity index is 5.04. The fraction of sp³-hybridized carbons (Fsp3) is 0.833. The van der Waals surface area contributed by atoms with Crippen molar-refractivity contribution in [3.05, 3.63) is 0 Å². The number of amides is 2. The van der Waals surface area contributed by atoms with Gasteiger partial charge in [-0.3, -0.25) is 9.59 Å². The Morgan fingerprint density at radius 1 is 0.923 bits per heavy atom. The third kappa shape index (κ3) is 8.14. The number of carbonyl (C=O) groups is 3. The van der Waals surface area contributed by atoms with Gasteiger partial charge in [-0.1, -0.05) is 47.0 Å². The van der Waals surface area contributed by atoms with E-state index in [1.165, 1.54) is 0 Å². The first-order chi connectivity index (χ1) is 12.2. The van der Waals surface area contributed by atoms with Gasteiger partial charge >= 0.3 is 5.97 Å². The van der Waals surface area contributed by atoms with Crippen LogP contribution in [0.2, 0.25) is 0 Å². The first kappa shape index (κ1) is 24.3. The van der Waals surface area contributed by atoms with Crippen molar-refractivity contribution in [2.45, 2.75) is 77.9 Å². The third-order valence-corrected chi connectivity index (χ3v) is 4.88. The standard InChI is InChI=1S/C18H36N4O4/c1-5-11(3)14(21-16(23)13(20)9-7-8-10-19)17(24)22-15(18(25)26)12(4)6-2/h11-15H,5-10,19-20H2,1-4H3,(H,21,23)(H,22,24)(H,25,26). The van der Waals surface area contributed by atoms with Crippen LogP contribution < -0.4 is 22.1 Å². The van der Waals surface area contributed by atoms with Crippen molar-refractivity contribution in [1.29, 1.82) is 0 Å². The summed E-state index contributed by atoms with van der Waals surface area (Å²) in [5.74, 6) is -2.35. The molecule has 152 valence electrons. The molecule has 0 heterocycles. The van der Waals surface area contributed by atoms with E-state index in [0.717, 1.165) is 12.8 Å². The van der Waals surface area contributed by atoms with E-state index in [-0.39, 0.29) is 11.8 Å². The molecule has 0 aromatic carbocycles. The van der Waals surface area contributed by atoms with Gasteiger partial charge in [-0.2, -0.15) is 0 Å². The second kappa shape index (κ2) is 12.6. The van der Waals surface area contributed by atoms with Crippen molar-refractivity contribution in [2.24, 2.45) is 23.3 Å². The van der Waals surface area contributed by atoms with Gasteiger partial charge in [0.2, 0.25) is 11.8 Å². The molecule has 26 heavy (non-hydrogen) atoms. The molecular formula is C18H36N4O4. The van der Waals surface area contributed by atoms with Gasteiger partial charge in [0.05, 0.1) is 6.04 Å². The number of nitrogens with two attached hydrogens (primary N) is 2. The lowest BCUT2D eigenvalue weighted by atomic mass is 9.95. The number of aliphatic carboxylic acids is 1. The summed E-state index contributed by atoms with van der Waals surface area (Å²) in [5.41, 5.74) is 11.3. The fourth-order valence-electron chi connectivity index (χ4n) is 2.53. The van der Waals surface area contributed by atoms with Gasteiger partial charge < -0.3 is 27.2 Å². The number of unbranched alkanes of at least 4 members (excludes halogenated alkanes) is 1. The molecule has 0 fully saturated rings. The zero-order valence-corrected chi connectivity index (χ0v) is 16.5. The summed E-state index contributed by atoms with van der Waals surface area (Å²) in [6.07, 6.45) is 3.28. The van der Waals surface area contributed by atoms with Gasteiger partial charge in [0.15, 0.2) is 0 Å². The number of carboxylic acids is 1. The summed E-state index contributed by atoms with van der Waals surface area (Å²) in [7, 11) is 0. The van der Waals surface area contributed by atoms with Crippen LogP contribution in [-0.2, 0) is 14.4 Å². The molecule has 8 heteroatoms. The predicted octanol–water partition coefficient (Wildman–Crippen LogP) is 0.589. The lowest BCUT2D eigenvalue weighted by molar-refractivity contribution is -0.144. The molecule has 5 atom stereocenters. The van der Waals surface area contributed by atoms with Crippen LogP contribution in [0.5, 0.6) is 0 Å². The van der Waals surface area contributed by atoms with Crippen molar-refractivity contribution in [3.63, 3.8) is 0 Å². The Morgan fingerprint density at radius 3 is 1.88 bits per heavy atom. The van der Waals surface area contributed by atoms with E-state index in [2.05, 4.69) is 10.6 Å². The number of carbonyl (C=O) groups excluding carboxylic acids is 2. The number of nitrogens with one attached hydrogen (secondary N) is 2. The zero-order chi connectivity index (χ0) is 20.3. The molecular weight excluding hydrogens is 336 g/mol. The van der Waals surface area contributed by atoms with E-state index in [0.29, 0.717) is 25.8 Å². The molecule has 0 radical (unpaired) electrons. The second-order valence-electron chi connectivity index (χ2n) is 6.97. The molecule has 2 amide bonds. The third-order valence-electron chi connectivity index (χ3n) is 4.88. The van der Waals surface area contributed by atoms with Gasteiger partial charge in [-0.15, -0.1) is 0 Å². The van der Waals surface area contributed by atoms with E-state index in [1.54, 1.807) is 6.92 Å². The van der Waals surface area contributed by atoms with Crippen LogP contribution in [-0.4, -0.2) is 47.6 Å². The number of rotatable bonds is 13. The molecule has 0 aromatic heterocycles. The summed E-state index contributed by atoms with van der Waals surface area (Å²) in [6.45, 7) is 7.91. The van der Waals surface area contributed by atoms with Crippen LogP contribution in [0.1, 0.15) is 59.8 Å². The SMILES string of the molecule is CCC(C)C(NC(=O)C(NC(=O)C(N)CCCCN)C(C)CC)C(=O)O. The van der Waals surface area contributed by atoms with Crippen LogP contribution in [0.3, 0.4) is 0 Å². The minimum Gasteiger partial charge on any atom is -0.480 e. The van der Waals surface area contributed by atoms with Crippen LogP contribution >= 0.6 is 0 Å². The Kier molecular flexibility index (Phi) is 11.8. The Morgan fingerprint density at radius 2 is 1.42 bits per heavy atom. The highest BCUT2D eigenvalue weighted by atomic mass is 16.4. The summed E-state index contributed by atoms with van der Waals surface area (Å²) in [4.78, 5) is 36.4. The first-order valence-electron chi connectivity index (χ1n) is 9.48. The van der Waals surface area contributed by atoms with E-state index in [9.17, 15) is 19.5 Å². The Labute approximate surface area is 156 Å². The lowest BCUT2D eigenvalue weighted by Crippen LogP contribution is -2.57. The number of carboxylic acid groups (broad SMARTS) is 1. The van der Waals surface area contributed by atoms with Crippen LogP contribution in [0.15, 0.2) is 0 Å². The van der Waals surface area contributed by atoms with Crippen molar-refractivity contribution in [3.8, 4) is 0 Å². The van der Waals surface area contributed by atoms with Gasteiger partial charge in [-0.05, 0) is 31.2 Å². The summed E-state index contributed by atoms with van der Waals surface area (Å²) >= 11 is 0. The molecule has 0 aliphatic carbocycles. The molecule has 8 nitrogen and oxygen atoms in total. The van der Waals surface area contributed by atoms with Gasteiger partial charge in [-0.25, -0.2) is 4.79 Å². The van der Waals surface area contributed by atoms with E-state index in [4.69, 9.17) is 11.5 Å². The van der Waals surface area contributed by atoms with Crippen molar-refractivity contribution in [1.82, 2.24) is 10.6 Å². The smallest absolute Gasteiger partial charge is 0.326 e. The van der Waals surface area contributed by atoms with Gasteiger partial charge in [0.25, 0.3) is 0 Å². The normalized spacial score (nSPS) is 16.8. The Hall–Kier alpha value is -1.67. The van der Waals surface area contributed by atoms with E-state index >= 15 is 0 Å². The highest BCUT2D eigenvalue weighted by Gasteiger charge is 2.32. The lowest BCUT2D eigenvalue weighted by Gasteiger charge is -2.28. The quantitative estimate of drug-likeness (QED) is 0.299. The maximum atomic E-state index is 12.7. The molecule has 0 spiro atoms. The average molecular weight is 373 g/mol. The minimum atomic E-state index is -1.08. The average Bonchev–Trinajstić information content (AvgIpc) is 2.62. The molecule has 0 rings (SSSR count). The van der Waals surface area contributed by atoms with Crippen LogP contribution in [0.4, 0.5) is 0 Å². The summed E-state index contributed by atoms with van der Waals surface area (Å²) in [5, 5.41) is 14.6. The molecule has 0 aromatic rings.